The zero-order valence-corrected chi connectivity index (χ0v) is 37.0. The average molecular weight is 964 g/mol. The lowest BCUT2D eigenvalue weighted by molar-refractivity contribution is 0.0756. The van der Waals surface area contributed by atoms with Crippen LogP contribution in [0, 0.1) is 3.57 Å². The van der Waals surface area contributed by atoms with Crippen LogP contribution < -0.4 is 24.2 Å². The summed E-state index contributed by atoms with van der Waals surface area (Å²) in [5.74, 6) is 0.774. The second-order valence-corrected chi connectivity index (χ2v) is 19.1. The first-order valence-corrected chi connectivity index (χ1v) is 22.2. The molecule has 316 valence electrons. The van der Waals surface area contributed by atoms with Crippen molar-refractivity contribution in [1.82, 2.24) is 29.8 Å². The molecule has 20 heteroatoms. The number of carbonyl (C=O) groups excluding carboxylic acids is 1. The van der Waals surface area contributed by atoms with Gasteiger partial charge < -0.3 is 29.4 Å². The van der Waals surface area contributed by atoms with Gasteiger partial charge in [0.2, 0.25) is 25.9 Å². The molecular formula is C39H46IN7O10S2. The number of benzene rings is 4. The van der Waals surface area contributed by atoms with Crippen LogP contribution in [-0.2, 0) is 44.4 Å². The molecule has 5 aromatic rings. The quantitative estimate of drug-likeness (QED) is 0.0984. The SMILES string of the molecule is COc1ccc(CN(Cc2ccc(OC)cc2)S(=O)(=O)c2c(NS(=O)(=O)C[C@H](O)COC(=O)NC(C)(C)C)ccc(I)c2-c2nnn(Cc3ccc(OC)cc3)n2)cc1. The molecule has 0 aliphatic rings. The minimum absolute atomic E-state index is 0.0102. The third-order valence-corrected chi connectivity index (χ3v) is 12.6. The molecule has 0 fully saturated rings. The molecule has 0 aliphatic carbocycles. The molecule has 4 aromatic carbocycles. The Bertz CT molecular complexity index is 2380. The molecular weight excluding hydrogens is 918 g/mol. The number of sulfonamides is 2. The Morgan fingerprint density at radius 1 is 0.814 bits per heavy atom. The Hall–Kier alpha value is -5.03. The standard InChI is InChI=1S/C39H46IN7O10S2/c1-39(2,3)41-38(49)57-24-29(48)25-58(50,51)44-34-20-19-33(40)35(37-42-45-47(43-37)23-28-11-17-32(56-6)18-12-28)36(34)59(52,53)46(21-26-7-13-30(54-4)14-8-26)22-27-9-15-31(55-5)16-10-27/h7-20,29,44,48H,21-25H2,1-6H3,(H,41,49)/t29-/m1/s1. The van der Waals surface area contributed by atoms with Crippen molar-refractivity contribution in [3.63, 3.8) is 0 Å². The maximum Gasteiger partial charge on any atom is 0.407 e. The number of nitrogens with one attached hydrogen (secondary N) is 2. The normalized spacial score (nSPS) is 12.5. The maximum atomic E-state index is 15.3. The molecule has 0 unspecified atom stereocenters. The molecule has 0 saturated carbocycles. The van der Waals surface area contributed by atoms with E-state index in [1.165, 1.54) is 35.5 Å². The number of ether oxygens (including phenoxy) is 4. The fourth-order valence-electron chi connectivity index (χ4n) is 5.67. The number of aromatic nitrogens is 4. The fourth-order valence-corrected chi connectivity index (χ4v) is 9.55. The predicted molar refractivity (Wildman–Crippen MR) is 228 cm³/mol. The summed E-state index contributed by atoms with van der Waals surface area (Å²) < 4.78 is 83.0. The number of rotatable bonds is 18. The lowest BCUT2D eigenvalue weighted by atomic mass is 10.1. The van der Waals surface area contributed by atoms with Crippen LogP contribution in [0.2, 0.25) is 0 Å². The van der Waals surface area contributed by atoms with Gasteiger partial charge in [0.05, 0.1) is 44.9 Å². The number of carbonyl (C=O) groups is 1. The molecule has 59 heavy (non-hydrogen) atoms. The highest BCUT2D eigenvalue weighted by Gasteiger charge is 2.35. The van der Waals surface area contributed by atoms with E-state index < -0.39 is 55.0 Å². The van der Waals surface area contributed by atoms with Crippen LogP contribution in [0.15, 0.2) is 89.8 Å². The Kier molecular flexibility index (Phi) is 14.8. The Morgan fingerprint density at radius 2 is 1.32 bits per heavy atom. The third kappa shape index (κ3) is 12.5. The zero-order chi connectivity index (χ0) is 43.0. The van der Waals surface area contributed by atoms with E-state index in [0.717, 1.165) is 5.56 Å². The smallest absolute Gasteiger partial charge is 0.407 e. The van der Waals surface area contributed by atoms with Crippen LogP contribution >= 0.6 is 22.6 Å². The Balaban J connectivity index is 1.59. The third-order valence-electron chi connectivity index (χ3n) is 8.46. The van der Waals surface area contributed by atoms with E-state index in [1.807, 2.05) is 34.7 Å². The minimum Gasteiger partial charge on any atom is -0.497 e. The zero-order valence-electron chi connectivity index (χ0n) is 33.2. The molecule has 0 bridgehead atoms. The number of hydrogen-bond donors (Lipinski definition) is 3. The van der Waals surface area contributed by atoms with Gasteiger partial charge in [-0.15, -0.1) is 10.2 Å². The summed E-state index contributed by atoms with van der Waals surface area (Å²) in [6.07, 6.45) is -2.51. The molecule has 17 nitrogen and oxygen atoms in total. The number of aliphatic hydroxyl groups is 1. The number of tetrazole rings is 1. The molecule has 0 saturated heterocycles. The van der Waals surface area contributed by atoms with E-state index in [4.69, 9.17) is 18.9 Å². The van der Waals surface area contributed by atoms with E-state index in [1.54, 1.807) is 88.5 Å². The second-order valence-electron chi connectivity index (χ2n) is 14.3. The molecule has 5 rings (SSSR count). The molecule has 1 heterocycles. The fraction of sp³-hybridized carbons (Fsp3) is 0.333. The van der Waals surface area contributed by atoms with Crippen molar-refractivity contribution in [2.45, 2.75) is 56.9 Å². The van der Waals surface area contributed by atoms with Gasteiger partial charge >= 0.3 is 6.09 Å². The van der Waals surface area contributed by atoms with Gasteiger partial charge in [-0.2, -0.15) is 9.10 Å². The van der Waals surface area contributed by atoms with Gasteiger partial charge in [0.25, 0.3) is 0 Å². The molecule has 1 aromatic heterocycles. The first-order valence-electron chi connectivity index (χ1n) is 18.0. The highest BCUT2D eigenvalue weighted by molar-refractivity contribution is 14.1. The monoisotopic (exact) mass is 963 g/mol. The van der Waals surface area contributed by atoms with Crippen LogP contribution in [0.5, 0.6) is 17.2 Å². The number of amides is 1. The average Bonchev–Trinajstić information content (AvgIpc) is 3.65. The van der Waals surface area contributed by atoms with Crippen LogP contribution in [0.4, 0.5) is 10.5 Å². The number of aliphatic hydroxyl groups excluding tert-OH is 1. The van der Waals surface area contributed by atoms with Gasteiger partial charge in [-0.05, 0) is 114 Å². The van der Waals surface area contributed by atoms with Crippen LogP contribution in [0.1, 0.15) is 37.5 Å². The van der Waals surface area contributed by atoms with Crippen LogP contribution in [0.25, 0.3) is 11.4 Å². The Labute approximate surface area is 357 Å². The van der Waals surface area contributed by atoms with Gasteiger partial charge in [0, 0.05) is 22.2 Å². The molecule has 0 radical (unpaired) electrons. The van der Waals surface area contributed by atoms with E-state index in [0.29, 0.717) is 31.9 Å². The molecule has 1 amide bonds. The lowest BCUT2D eigenvalue weighted by Gasteiger charge is -2.26. The molecule has 3 N–H and O–H groups in total. The minimum atomic E-state index is -4.69. The number of anilines is 1. The van der Waals surface area contributed by atoms with Crippen molar-refractivity contribution < 1.29 is 45.7 Å². The summed E-state index contributed by atoms with van der Waals surface area (Å²) in [5.41, 5.74) is 1.05. The van der Waals surface area contributed by atoms with Crippen molar-refractivity contribution in [2.24, 2.45) is 0 Å². The maximum absolute atomic E-state index is 15.3. The highest BCUT2D eigenvalue weighted by Crippen LogP contribution is 2.39. The van der Waals surface area contributed by atoms with Gasteiger partial charge in [-0.1, -0.05) is 36.4 Å². The van der Waals surface area contributed by atoms with E-state index in [9.17, 15) is 18.3 Å². The molecule has 0 aliphatic heterocycles. The van der Waals surface area contributed by atoms with Crippen molar-refractivity contribution in [3.8, 4) is 28.6 Å². The first kappa shape index (κ1) is 45.1. The Morgan fingerprint density at radius 3 is 1.81 bits per heavy atom. The van der Waals surface area contributed by atoms with E-state index >= 15 is 8.42 Å². The van der Waals surface area contributed by atoms with E-state index in [-0.39, 0.29) is 36.7 Å². The van der Waals surface area contributed by atoms with E-state index in [2.05, 4.69) is 25.4 Å². The van der Waals surface area contributed by atoms with Crippen molar-refractivity contribution in [2.75, 3.05) is 38.4 Å². The number of halogens is 1. The molecule has 1 atom stereocenters. The van der Waals surface area contributed by atoms with Crippen LogP contribution in [-0.4, -0.2) is 97.9 Å². The number of alkyl carbamates (subject to hydrolysis) is 1. The van der Waals surface area contributed by atoms with Gasteiger partial charge in [0.15, 0.2) is 0 Å². The summed E-state index contributed by atoms with van der Waals surface area (Å²) in [6.45, 7) is 4.44. The summed E-state index contributed by atoms with van der Waals surface area (Å²) in [5, 5.41) is 26.2. The summed E-state index contributed by atoms with van der Waals surface area (Å²) in [7, 11) is -4.60. The van der Waals surface area contributed by atoms with Crippen molar-refractivity contribution >= 4 is 54.4 Å². The molecule has 0 spiro atoms. The van der Waals surface area contributed by atoms with Crippen LogP contribution in [0.3, 0.4) is 0 Å². The lowest BCUT2D eigenvalue weighted by Crippen LogP contribution is -2.42. The number of nitrogens with zero attached hydrogens (tertiary/aromatic N) is 5. The predicted octanol–water partition coefficient (Wildman–Crippen LogP) is 5.04. The number of methoxy groups -OCH3 is 3. The second kappa shape index (κ2) is 19.4. The van der Waals surface area contributed by atoms with Gasteiger partial charge in [-0.25, -0.2) is 21.6 Å². The van der Waals surface area contributed by atoms with Crippen molar-refractivity contribution in [1.29, 1.82) is 0 Å². The summed E-state index contributed by atoms with van der Waals surface area (Å²) >= 11 is 1.94. The first-order chi connectivity index (χ1) is 27.9. The van der Waals surface area contributed by atoms with Crippen molar-refractivity contribution in [3.05, 3.63) is 105 Å². The number of hydrogen-bond acceptors (Lipinski definition) is 13. The van der Waals surface area contributed by atoms with Gasteiger partial charge in [-0.3, -0.25) is 4.72 Å². The summed E-state index contributed by atoms with van der Waals surface area (Å²) in [6, 6.07) is 23.8. The highest BCUT2D eigenvalue weighted by atomic mass is 127. The topological polar surface area (TPSA) is 213 Å². The van der Waals surface area contributed by atoms with Gasteiger partial charge in [0.1, 0.15) is 34.9 Å². The largest absolute Gasteiger partial charge is 0.497 e. The summed E-state index contributed by atoms with van der Waals surface area (Å²) in [4.78, 5) is 13.0.